The summed E-state index contributed by atoms with van der Waals surface area (Å²) in [5.74, 6) is 1.18. The predicted molar refractivity (Wildman–Crippen MR) is 150 cm³/mol. The maximum atomic E-state index is 12.0. The van der Waals surface area contributed by atoms with Crippen LogP contribution in [0.15, 0.2) is 102 Å². The lowest BCUT2D eigenvalue weighted by Crippen LogP contribution is -2.12. The molecule has 0 saturated heterocycles. The van der Waals surface area contributed by atoms with Gasteiger partial charge in [0.2, 0.25) is 0 Å². The number of hydrogen-bond donors (Lipinski definition) is 1. The van der Waals surface area contributed by atoms with Gasteiger partial charge in [-0.2, -0.15) is 10.5 Å². The summed E-state index contributed by atoms with van der Waals surface area (Å²) in [6, 6.07) is 22.6. The van der Waals surface area contributed by atoms with Gasteiger partial charge in [0.1, 0.15) is 33.8 Å². The molecule has 10 heteroatoms. The van der Waals surface area contributed by atoms with Gasteiger partial charge >= 0.3 is 0 Å². The largest absolute Gasteiger partial charge is 0.464 e. The zero-order valence-electron chi connectivity index (χ0n) is 19.3. The third kappa shape index (κ3) is 5.15. The van der Waals surface area contributed by atoms with Gasteiger partial charge in [-0.1, -0.05) is 12.1 Å². The van der Waals surface area contributed by atoms with E-state index in [-0.39, 0.29) is 5.56 Å². The number of pyridine rings is 2. The van der Waals surface area contributed by atoms with Gasteiger partial charge in [-0.25, -0.2) is 4.98 Å². The number of thiophene rings is 2. The first-order valence-corrected chi connectivity index (χ1v) is 13.6. The zero-order valence-corrected chi connectivity index (χ0v) is 22.6. The van der Waals surface area contributed by atoms with E-state index in [9.17, 15) is 10.1 Å². The van der Waals surface area contributed by atoms with Crippen molar-refractivity contribution in [2.24, 2.45) is 0 Å². The number of nitriles is 2. The Hall–Kier alpha value is -4.48. The first kappa shape index (κ1) is 25.2. The normalized spacial score (nSPS) is 10.3. The van der Waals surface area contributed by atoms with Crippen LogP contribution in [0.4, 0.5) is 0 Å². The van der Waals surface area contributed by atoms with Crippen molar-refractivity contribution in [1.82, 2.24) is 9.97 Å². The molecule has 0 amide bonds. The molecule has 0 atom stereocenters. The number of aromatic amines is 1. The van der Waals surface area contributed by atoms with E-state index in [2.05, 4.69) is 32.0 Å². The van der Waals surface area contributed by atoms with Crippen molar-refractivity contribution in [3.05, 3.63) is 110 Å². The SMILES string of the molecule is N#Cc1c(-c2ccco2)cc(-c2cccs2)[nH]c1=O.N#Cc1c(-c2ccco2)cc(-c2cccs2)nc1Br. The van der Waals surface area contributed by atoms with Crippen LogP contribution < -0.4 is 5.56 Å². The number of aromatic nitrogens is 2. The van der Waals surface area contributed by atoms with Gasteiger partial charge in [-0.15, -0.1) is 22.7 Å². The third-order valence-corrected chi connectivity index (χ3v) is 7.74. The molecule has 0 fully saturated rings. The van der Waals surface area contributed by atoms with Crippen LogP contribution in [-0.2, 0) is 0 Å². The van der Waals surface area contributed by atoms with Crippen LogP contribution in [0.5, 0.6) is 0 Å². The topological polar surface area (TPSA) is 120 Å². The molecule has 0 unspecified atom stereocenters. The molecule has 0 aliphatic heterocycles. The average molecular weight is 599 g/mol. The second-order valence-corrected chi connectivity index (χ2v) is 10.3. The van der Waals surface area contributed by atoms with Crippen molar-refractivity contribution in [1.29, 1.82) is 10.5 Å². The standard InChI is InChI=1S/C14H7BrN2OS.C14H8N2O2S/c15-14-10(8-16)9(12-3-1-5-18-12)7-11(17-14)13-4-2-6-19-13;15-8-10-9(12-3-1-5-18-12)7-11(16-14(10)17)13-4-2-6-19-13/h1-7H;1-7H,(H,16,17). The Balaban J connectivity index is 0.000000155. The van der Waals surface area contributed by atoms with E-state index in [0.717, 1.165) is 21.0 Å². The summed E-state index contributed by atoms with van der Waals surface area (Å²) in [4.78, 5) is 21.1. The number of H-pyrrole nitrogens is 1. The molecule has 0 bridgehead atoms. The van der Waals surface area contributed by atoms with E-state index in [1.54, 1.807) is 41.9 Å². The smallest absolute Gasteiger partial charge is 0.267 e. The van der Waals surface area contributed by atoms with Crippen LogP contribution in [-0.4, -0.2) is 9.97 Å². The Morgan fingerprint density at radius 3 is 1.95 bits per heavy atom. The van der Waals surface area contributed by atoms with Gasteiger partial charge in [-0.05, 0) is 75.2 Å². The lowest BCUT2D eigenvalue weighted by Gasteiger charge is -2.06. The van der Waals surface area contributed by atoms with Crippen molar-refractivity contribution in [3.8, 4) is 55.9 Å². The van der Waals surface area contributed by atoms with Gasteiger partial charge in [0, 0.05) is 11.1 Å². The fraction of sp³-hybridized carbons (Fsp3) is 0. The number of furan rings is 2. The van der Waals surface area contributed by atoms with E-state index >= 15 is 0 Å². The lowest BCUT2D eigenvalue weighted by atomic mass is 10.1. The molecule has 6 rings (SSSR count). The average Bonchev–Trinajstić information content (AvgIpc) is 3.76. The molecule has 0 aliphatic carbocycles. The van der Waals surface area contributed by atoms with Gasteiger partial charge < -0.3 is 13.8 Å². The molecular formula is C28H15BrN4O3S2. The van der Waals surface area contributed by atoms with Crippen molar-refractivity contribution < 1.29 is 8.83 Å². The molecule has 6 aromatic rings. The summed E-state index contributed by atoms with van der Waals surface area (Å²) in [5, 5.41) is 22.3. The van der Waals surface area contributed by atoms with Gasteiger partial charge in [0.15, 0.2) is 0 Å². The van der Waals surface area contributed by atoms with Crippen LogP contribution in [0.25, 0.3) is 43.8 Å². The Morgan fingerprint density at radius 2 is 1.42 bits per heavy atom. The molecule has 0 aromatic carbocycles. The predicted octanol–water partition coefficient (Wildman–Crippen LogP) is 7.94. The summed E-state index contributed by atoms with van der Waals surface area (Å²) < 4.78 is 11.2. The van der Waals surface area contributed by atoms with Crippen LogP contribution in [0.2, 0.25) is 0 Å². The fourth-order valence-electron chi connectivity index (χ4n) is 3.66. The molecule has 0 spiro atoms. The molecule has 0 saturated carbocycles. The van der Waals surface area contributed by atoms with Crippen LogP contribution >= 0.6 is 38.6 Å². The maximum absolute atomic E-state index is 12.0. The number of halogens is 1. The van der Waals surface area contributed by atoms with Crippen molar-refractivity contribution >= 4 is 38.6 Å². The van der Waals surface area contributed by atoms with E-state index in [0.29, 0.717) is 32.9 Å². The first-order valence-electron chi connectivity index (χ1n) is 11.0. The minimum Gasteiger partial charge on any atom is -0.464 e. The Bertz CT molecular complexity index is 1810. The summed E-state index contributed by atoms with van der Waals surface area (Å²) in [7, 11) is 0. The minimum absolute atomic E-state index is 0.0651. The Labute approximate surface area is 233 Å². The highest BCUT2D eigenvalue weighted by molar-refractivity contribution is 9.10. The van der Waals surface area contributed by atoms with Crippen LogP contribution in [0, 0.1) is 22.7 Å². The summed E-state index contributed by atoms with van der Waals surface area (Å²) >= 11 is 6.49. The van der Waals surface area contributed by atoms with Gasteiger partial charge in [0.25, 0.3) is 5.56 Å². The number of rotatable bonds is 4. The molecule has 6 heterocycles. The van der Waals surface area contributed by atoms with Gasteiger partial charge in [-0.3, -0.25) is 4.79 Å². The van der Waals surface area contributed by atoms with Crippen molar-refractivity contribution in [2.45, 2.75) is 0 Å². The zero-order chi connectivity index (χ0) is 26.5. The summed E-state index contributed by atoms with van der Waals surface area (Å²) in [6.07, 6.45) is 3.11. The Morgan fingerprint density at radius 1 is 0.816 bits per heavy atom. The maximum Gasteiger partial charge on any atom is 0.267 e. The number of hydrogen-bond acceptors (Lipinski definition) is 8. The highest BCUT2D eigenvalue weighted by Gasteiger charge is 2.16. The highest BCUT2D eigenvalue weighted by Crippen LogP contribution is 2.34. The molecule has 6 aromatic heterocycles. The number of nitrogens with one attached hydrogen (secondary N) is 1. The van der Waals surface area contributed by atoms with E-state index in [1.807, 2.05) is 53.2 Å². The van der Waals surface area contributed by atoms with Crippen molar-refractivity contribution in [2.75, 3.05) is 0 Å². The molecule has 0 radical (unpaired) electrons. The van der Waals surface area contributed by atoms with E-state index < -0.39 is 5.56 Å². The summed E-state index contributed by atoms with van der Waals surface area (Å²) in [5.41, 5.74) is 2.92. The Kier molecular flexibility index (Phi) is 7.47. The second-order valence-electron chi connectivity index (χ2n) is 7.65. The minimum atomic E-state index is -0.403. The molecular weight excluding hydrogens is 584 g/mol. The molecule has 7 nitrogen and oxygen atoms in total. The van der Waals surface area contributed by atoms with E-state index in [1.165, 1.54) is 17.6 Å². The third-order valence-electron chi connectivity index (χ3n) is 5.37. The lowest BCUT2D eigenvalue weighted by molar-refractivity contribution is 0.582. The van der Waals surface area contributed by atoms with E-state index in [4.69, 9.17) is 14.1 Å². The molecule has 1 N–H and O–H groups in total. The fourth-order valence-corrected chi connectivity index (χ4v) is 5.54. The molecule has 184 valence electrons. The second kappa shape index (κ2) is 11.3. The summed E-state index contributed by atoms with van der Waals surface area (Å²) in [6.45, 7) is 0. The molecule has 0 aliphatic rings. The van der Waals surface area contributed by atoms with Crippen LogP contribution in [0.1, 0.15) is 11.1 Å². The number of nitrogens with zero attached hydrogens (tertiary/aromatic N) is 3. The molecule has 38 heavy (non-hydrogen) atoms. The monoisotopic (exact) mass is 598 g/mol. The first-order chi connectivity index (χ1) is 18.6. The highest BCUT2D eigenvalue weighted by atomic mass is 79.9. The quantitative estimate of drug-likeness (QED) is 0.206. The van der Waals surface area contributed by atoms with Gasteiger partial charge in [0.05, 0.1) is 39.2 Å². The van der Waals surface area contributed by atoms with Crippen molar-refractivity contribution in [3.63, 3.8) is 0 Å². The van der Waals surface area contributed by atoms with Crippen LogP contribution in [0.3, 0.4) is 0 Å².